The molecule has 104 valence electrons. The van der Waals surface area contributed by atoms with Gasteiger partial charge in [0.15, 0.2) is 0 Å². The average molecular weight is 274 g/mol. The zero-order valence-corrected chi connectivity index (χ0v) is 12.7. The lowest BCUT2D eigenvalue weighted by atomic mass is 10.1. The van der Waals surface area contributed by atoms with Gasteiger partial charge < -0.3 is 10.1 Å². The van der Waals surface area contributed by atoms with E-state index in [9.17, 15) is 0 Å². The largest absolute Gasteiger partial charge is 0.377 e. The lowest BCUT2D eigenvalue weighted by Crippen LogP contribution is -2.34. The highest BCUT2D eigenvalue weighted by molar-refractivity contribution is 6.31. The number of likely N-dealkylation sites (N-methyl/N-ethyl adjacent to an activating group) is 1. The molecule has 0 aliphatic rings. The van der Waals surface area contributed by atoms with Crippen LogP contribution in [0.3, 0.4) is 0 Å². The summed E-state index contributed by atoms with van der Waals surface area (Å²) in [7, 11) is 3.88. The van der Waals surface area contributed by atoms with Gasteiger partial charge in [0.05, 0.1) is 29.1 Å². The average Bonchev–Trinajstić information content (AvgIpc) is 2.60. The monoisotopic (exact) mass is 273 g/mol. The molecular weight excluding hydrogens is 250 g/mol. The van der Waals surface area contributed by atoms with Crippen LogP contribution in [0.15, 0.2) is 0 Å². The molecule has 18 heavy (non-hydrogen) atoms. The number of rotatable bonds is 7. The van der Waals surface area contributed by atoms with Crippen molar-refractivity contribution in [1.82, 2.24) is 15.1 Å². The number of nitrogens with zero attached hydrogens (tertiary/aromatic N) is 2. The highest BCUT2D eigenvalue weighted by atomic mass is 35.5. The first kappa shape index (κ1) is 15.5. The Morgan fingerprint density at radius 1 is 1.44 bits per heavy atom. The third kappa shape index (κ3) is 3.97. The van der Waals surface area contributed by atoms with Gasteiger partial charge in [0.25, 0.3) is 0 Å². The number of ether oxygens (including phenoxy) is 1. The lowest BCUT2D eigenvalue weighted by molar-refractivity contribution is 0.0624. The molecule has 0 saturated heterocycles. The topological polar surface area (TPSA) is 39.1 Å². The van der Waals surface area contributed by atoms with E-state index in [1.807, 2.05) is 32.6 Å². The van der Waals surface area contributed by atoms with Crippen LogP contribution in [0.5, 0.6) is 0 Å². The second-order valence-electron chi connectivity index (χ2n) is 4.76. The molecule has 1 atom stereocenters. The van der Waals surface area contributed by atoms with Crippen LogP contribution in [0.4, 0.5) is 0 Å². The van der Waals surface area contributed by atoms with E-state index in [0.717, 1.165) is 29.3 Å². The van der Waals surface area contributed by atoms with Gasteiger partial charge in [0.2, 0.25) is 0 Å². The molecule has 1 aromatic heterocycles. The maximum atomic E-state index is 6.34. The minimum Gasteiger partial charge on any atom is -0.377 e. The summed E-state index contributed by atoms with van der Waals surface area (Å²) in [6.07, 6.45) is 1.93. The van der Waals surface area contributed by atoms with Crippen molar-refractivity contribution in [1.29, 1.82) is 0 Å². The molecular formula is C13H24ClN3O. The van der Waals surface area contributed by atoms with Gasteiger partial charge in [-0.3, -0.25) is 4.68 Å². The summed E-state index contributed by atoms with van der Waals surface area (Å²) in [5.74, 6) is 0. The third-order valence-electron chi connectivity index (χ3n) is 2.98. The standard InChI is InChI=1S/C13H24ClN3O/c1-6-11-13(14)12(17(5)16-11)7-10(15-4)8-18-9(2)3/h9-10,15H,6-8H2,1-5H3. The van der Waals surface area contributed by atoms with Crippen molar-refractivity contribution in [2.24, 2.45) is 7.05 Å². The first-order chi connectivity index (χ1) is 8.49. The molecule has 1 rings (SSSR count). The van der Waals surface area contributed by atoms with E-state index in [1.54, 1.807) is 0 Å². The summed E-state index contributed by atoms with van der Waals surface area (Å²) < 4.78 is 7.52. The number of halogens is 1. The normalized spacial score (nSPS) is 13.3. The summed E-state index contributed by atoms with van der Waals surface area (Å²) in [5, 5.41) is 8.49. The van der Waals surface area contributed by atoms with E-state index in [0.29, 0.717) is 6.61 Å². The second kappa shape index (κ2) is 7.12. The summed E-state index contributed by atoms with van der Waals surface area (Å²) in [5.41, 5.74) is 2.04. The molecule has 0 aromatic carbocycles. The molecule has 0 radical (unpaired) electrons. The predicted octanol–water partition coefficient (Wildman–Crippen LogP) is 2.19. The van der Waals surface area contributed by atoms with E-state index >= 15 is 0 Å². The number of aromatic nitrogens is 2. The summed E-state index contributed by atoms with van der Waals surface area (Å²) in [6, 6.07) is 0.255. The molecule has 0 bridgehead atoms. The predicted molar refractivity (Wildman–Crippen MR) is 75.2 cm³/mol. The Hall–Kier alpha value is -0.580. The Bertz CT molecular complexity index is 377. The molecule has 0 aliphatic carbocycles. The van der Waals surface area contributed by atoms with Crippen molar-refractivity contribution in [3.8, 4) is 0 Å². The Morgan fingerprint density at radius 3 is 2.56 bits per heavy atom. The van der Waals surface area contributed by atoms with Gasteiger partial charge >= 0.3 is 0 Å². The number of nitrogens with one attached hydrogen (secondary N) is 1. The molecule has 1 heterocycles. The summed E-state index contributed by atoms with van der Waals surface area (Å²) >= 11 is 6.34. The van der Waals surface area contributed by atoms with Crippen molar-refractivity contribution in [3.63, 3.8) is 0 Å². The van der Waals surface area contributed by atoms with E-state index in [1.165, 1.54) is 0 Å². The Morgan fingerprint density at radius 2 is 2.11 bits per heavy atom. The van der Waals surface area contributed by atoms with E-state index in [2.05, 4.69) is 17.3 Å². The SMILES string of the molecule is CCc1nn(C)c(CC(COC(C)C)NC)c1Cl. The number of hydrogen-bond acceptors (Lipinski definition) is 3. The van der Waals surface area contributed by atoms with Crippen LogP contribution in [-0.4, -0.2) is 35.6 Å². The van der Waals surface area contributed by atoms with Crippen LogP contribution in [0.2, 0.25) is 5.02 Å². The smallest absolute Gasteiger partial charge is 0.0850 e. The van der Waals surface area contributed by atoms with Gasteiger partial charge in [0, 0.05) is 19.5 Å². The van der Waals surface area contributed by atoms with Crippen molar-refractivity contribution in [2.45, 2.75) is 45.8 Å². The molecule has 1 unspecified atom stereocenters. The molecule has 1 N–H and O–H groups in total. The highest BCUT2D eigenvalue weighted by Crippen LogP contribution is 2.22. The van der Waals surface area contributed by atoms with Gasteiger partial charge in [-0.15, -0.1) is 0 Å². The fourth-order valence-corrected chi connectivity index (χ4v) is 2.20. The van der Waals surface area contributed by atoms with Crippen LogP contribution >= 0.6 is 11.6 Å². The van der Waals surface area contributed by atoms with Gasteiger partial charge in [-0.25, -0.2) is 0 Å². The van der Waals surface area contributed by atoms with Crippen molar-refractivity contribution in [2.75, 3.05) is 13.7 Å². The van der Waals surface area contributed by atoms with Gasteiger partial charge in [-0.05, 0) is 27.3 Å². The molecule has 4 nitrogen and oxygen atoms in total. The zero-order valence-electron chi connectivity index (χ0n) is 12.0. The van der Waals surface area contributed by atoms with Crippen LogP contribution in [-0.2, 0) is 24.6 Å². The van der Waals surface area contributed by atoms with Crippen molar-refractivity contribution < 1.29 is 4.74 Å². The van der Waals surface area contributed by atoms with Crippen LogP contribution in [0.25, 0.3) is 0 Å². The molecule has 0 fully saturated rings. The lowest BCUT2D eigenvalue weighted by Gasteiger charge is -2.18. The zero-order chi connectivity index (χ0) is 13.7. The molecule has 1 aromatic rings. The number of aryl methyl sites for hydroxylation is 2. The Balaban J connectivity index is 2.72. The van der Waals surface area contributed by atoms with E-state index in [-0.39, 0.29) is 12.1 Å². The van der Waals surface area contributed by atoms with Gasteiger partial charge in [-0.2, -0.15) is 5.10 Å². The van der Waals surface area contributed by atoms with Gasteiger partial charge in [-0.1, -0.05) is 18.5 Å². The molecule has 0 spiro atoms. The van der Waals surface area contributed by atoms with Crippen molar-refractivity contribution in [3.05, 3.63) is 16.4 Å². The minimum atomic E-state index is 0.245. The summed E-state index contributed by atoms with van der Waals surface area (Å²) in [6.45, 7) is 6.82. The quantitative estimate of drug-likeness (QED) is 0.828. The Labute approximate surface area is 115 Å². The van der Waals surface area contributed by atoms with E-state index in [4.69, 9.17) is 16.3 Å². The first-order valence-electron chi connectivity index (χ1n) is 6.48. The maximum absolute atomic E-state index is 6.34. The fourth-order valence-electron chi connectivity index (χ4n) is 1.83. The highest BCUT2D eigenvalue weighted by Gasteiger charge is 2.17. The summed E-state index contributed by atoms with van der Waals surface area (Å²) in [4.78, 5) is 0. The van der Waals surface area contributed by atoms with Crippen LogP contribution in [0.1, 0.15) is 32.2 Å². The molecule has 0 saturated carbocycles. The van der Waals surface area contributed by atoms with Crippen LogP contribution < -0.4 is 5.32 Å². The number of hydrogen-bond donors (Lipinski definition) is 1. The molecule has 0 aliphatic heterocycles. The maximum Gasteiger partial charge on any atom is 0.0850 e. The first-order valence-corrected chi connectivity index (χ1v) is 6.86. The molecule has 0 amide bonds. The van der Waals surface area contributed by atoms with E-state index < -0.39 is 0 Å². The van der Waals surface area contributed by atoms with Gasteiger partial charge in [0.1, 0.15) is 0 Å². The second-order valence-corrected chi connectivity index (χ2v) is 5.13. The minimum absolute atomic E-state index is 0.245. The van der Waals surface area contributed by atoms with Crippen LogP contribution in [0, 0.1) is 0 Å². The third-order valence-corrected chi connectivity index (χ3v) is 3.42. The fraction of sp³-hybridized carbons (Fsp3) is 0.769. The molecule has 5 heteroatoms. The van der Waals surface area contributed by atoms with Crippen molar-refractivity contribution >= 4 is 11.6 Å². The Kier molecular flexibility index (Phi) is 6.12.